The van der Waals surface area contributed by atoms with Gasteiger partial charge in [-0.3, -0.25) is 0 Å². The van der Waals surface area contributed by atoms with Crippen molar-refractivity contribution in [3.63, 3.8) is 0 Å². The van der Waals surface area contributed by atoms with Crippen LogP contribution in [0.3, 0.4) is 0 Å². The molecule has 0 spiro atoms. The van der Waals surface area contributed by atoms with Gasteiger partial charge < -0.3 is 14.8 Å². The Morgan fingerprint density at radius 2 is 1.68 bits per heavy atom. The fourth-order valence-corrected chi connectivity index (χ4v) is 3.46. The minimum atomic E-state index is 0.363. The van der Waals surface area contributed by atoms with E-state index in [9.17, 15) is 0 Å². The van der Waals surface area contributed by atoms with Crippen LogP contribution in [0.2, 0.25) is 10.0 Å². The van der Waals surface area contributed by atoms with Crippen LogP contribution in [0.5, 0.6) is 11.5 Å². The molecule has 0 atom stereocenters. The van der Waals surface area contributed by atoms with Crippen LogP contribution in [0.25, 0.3) is 0 Å². The van der Waals surface area contributed by atoms with Gasteiger partial charge in [-0.2, -0.15) is 0 Å². The number of methoxy groups -OCH3 is 1. The molecule has 5 heteroatoms. The van der Waals surface area contributed by atoms with Gasteiger partial charge in [-0.25, -0.2) is 0 Å². The van der Waals surface area contributed by atoms with Gasteiger partial charge in [0.05, 0.1) is 7.11 Å². The topological polar surface area (TPSA) is 30.5 Å². The van der Waals surface area contributed by atoms with Crippen LogP contribution >= 0.6 is 23.2 Å². The van der Waals surface area contributed by atoms with Crippen LogP contribution in [-0.4, -0.2) is 13.7 Å². The van der Waals surface area contributed by atoms with E-state index in [-0.39, 0.29) is 0 Å². The van der Waals surface area contributed by atoms with E-state index in [1.807, 2.05) is 24.3 Å². The molecule has 3 nitrogen and oxygen atoms in total. The molecule has 0 saturated heterocycles. The zero-order chi connectivity index (χ0) is 20.2. The smallest absolute Gasteiger partial charge is 0.161 e. The van der Waals surface area contributed by atoms with Gasteiger partial charge >= 0.3 is 0 Å². The second-order valence-electron chi connectivity index (χ2n) is 6.95. The van der Waals surface area contributed by atoms with E-state index in [0.29, 0.717) is 22.4 Å². The fourth-order valence-electron chi connectivity index (χ4n) is 3.00. The molecule has 0 aliphatic heterocycles. The van der Waals surface area contributed by atoms with Gasteiger partial charge in [-0.15, -0.1) is 0 Å². The van der Waals surface area contributed by atoms with E-state index in [4.69, 9.17) is 32.7 Å². The zero-order valence-corrected chi connectivity index (χ0v) is 18.4. The monoisotopic (exact) mass is 423 g/mol. The molecule has 154 valence electrons. The van der Waals surface area contributed by atoms with Crippen molar-refractivity contribution in [3.8, 4) is 11.5 Å². The molecular formula is C23H31Cl2NO2. The molecule has 28 heavy (non-hydrogen) atoms. The van der Waals surface area contributed by atoms with Crippen LogP contribution in [-0.2, 0) is 13.2 Å². The first-order valence-electron chi connectivity index (χ1n) is 10.1. The van der Waals surface area contributed by atoms with Crippen LogP contribution < -0.4 is 14.8 Å². The van der Waals surface area contributed by atoms with Crippen molar-refractivity contribution in [2.75, 3.05) is 13.7 Å². The summed E-state index contributed by atoms with van der Waals surface area (Å²) in [4.78, 5) is 0. The SMILES string of the molecule is CCCCCCCCNCc1ccc(OCc2ccc(Cl)cc2Cl)c(OC)c1. The molecule has 0 heterocycles. The minimum Gasteiger partial charge on any atom is -0.493 e. The lowest BCUT2D eigenvalue weighted by Crippen LogP contribution is -2.14. The largest absolute Gasteiger partial charge is 0.493 e. The van der Waals surface area contributed by atoms with Gasteiger partial charge in [0.1, 0.15) is 6.61 Å². The molecule has 0 unspecified atom stereocenters. The van der Waals surface area contributed by atoms with Gasteiger partial charge in [-0.05, 0) is 42.8 Å². The van der Waals surface area contributed by atoms with Gasteiger partial charge in [-0.1, -0.05) is 74.4 Å². The molecular weight excluding hydrogens is 393 g/mol. The molecule has 0 saturated carbocycles. The Kier molecular flexibility index (Phi) is 10.6. The lowest BCUT2D eigenvalue weighted by Gasteiger charge is -2.13. The Labute approximate surface area is 179 Å². The molecule has 2 aromatic carbocycles. The Hall–Kier alpha value is -1.42. The summed E-state index contributed by atoms with van der Waals surface area (Å²) in [5, 5.41) is 4.72. The Bertz CT molecular complexity index is 722. The maximum Gasteiger partial charge on any atom is 0.161 e. The van der Waals surface area contributed by atoms with Crippen molar-refractivity contribution in [2.24, 2.45) is 0 Å². The first kappa shape index (κ1) is 22.9. The maximum absolute atomic E-state index is 6.21. The second kappa shape index (κ2) is 12.9. The first-order chi connectivity index (χ1) is 13.6. The minimum absolute atomic E-state index is 0.363. The molecule has 0 aliphatic carbocycles. The van der Waals surface area contributed by atoms with Crippen molar-refractivity contribution in [2.45, 2.75) is 58.6 Å². The normalized spacial score (nSPS) is 10.9. The van der Waals surface area contributed by atoms with Crippen molar-refractivity contribution in [3.05, 3.63) is 57.6 Å². The molecule has 0 bridgehead atoms. The number of rotatable bonds is 13. The Morgan fingerprint density at radius 1 is 0.893 bits per heavy atom. The Morgan fingerprint density at radius 3 is 2.43 bits per heavy atom. The third-order valence-electron chi connectivity index (χ3n) is 4.66. The van der Waals surface area contributed by atoms with Crippen molar-refractivity contribution in [1.29, 1.82) is 0 Å². The number of unbranched alkanes of at least 4 members (excludes halogenated alkanes) is 5. The average Bonchev–Trinajstić information content (AvgIpc) is 2.69. The summed E-state index contributed by atoms with van der Waals surface area (Å²) in [7, 11) is 1.66. The lowest BCUT2D eigenvalue weighted by molar-refractivity contribution is 0.284. The number of hydrogen-bond donors (Lipinski definition) is 1. The Balaban J connectivity index is 1.79. The molecule has 0 aliphatic rings. The van der Waals surface area contributed by atoms with Gasteiger partial charge in [0.2, 0.25) is 0 Å². The highest BCUT2D eigenvalue weighted by Gasteiger charge is 2.08. The number of halogens is 2. The van der Waals surface area contributed by atoms with Gasteiger partial charge in [0.25, 0.3) is 0 Å². The predicted molar refractivity (Wildman–Crippen MR) is 119 cm³/mol. The summed E-state index contributed by atoms with van der Waals surface area (Å²) in [6.07, 6.45) is 7.88. The summed E-state index contributed by atoms with van der Waals surface area (Å²) in [5.41, 5.74) is 2.07. The number of nitrogens with one attached hydrogen (secondary N) is 1. The van der Waals surface area contributed by atoms with Crippen molar-refractivity contribution < 1.29 is 9.47 Å². The molecule has 2 aromatic rings. The zero-order valence-electron chi connectivity index (χ0n) is 16.9. The molecule has 1 N–H and O–H groups in total. The van der Waals surface area contributed by atoms with E-state index in [2.05, 4.69) is 18.3 Å². The van der Waals surface area contributed by atoms with Crippen molar-refractivity contribution >= 4 is 23.2 Å². The second-order valence-corrected chi connectivity index (χ2v) is 7.80. The van der Waals surface area contributed by atoms with Crippen molar-refractivity contribution in [1.82, 2.24) is 5.32 Å². The van der Waals surface area contributed by atoms with E-state index < -0.39 is 0 Å². The number of ether oxygens (including phenoxy) is 2. The fraction of sp³-hybridized carbons (Fsp3) is 0.478. The summed E-state index contributed by atoms with van der Waals surface area (Å²) in [5.74, 6) is 1.43. The van der Waals surface area contributed by atoms with Crippen LogP contribution in [0.4, 0.5) is 0 Å². The molecule has 0 fully saturated rings. The standard InChI is InChI=1S/C23H31Cl2NO2/c1-3-4-5-6-7-8-13-26-16-18-9-12-22(23(14-18)27-2)28-17-19-10-11-20(24)15-21(19)25/h9-12,14-15,26H,3-8,13,16-17H2,1-2H3. The lowest BCUT2D eigenvalue weighted by atomic mass is 10.1. The van der Waals surface area contributed by atoms with E-state index in [0.717, 1.165) is 24.4 Å². The van der Waals surface area contributed by atoms with Gasteiger partial charge in [0, 0.05) is 22.2 Å². The first-order valence-corrected chi connectivity index (χ1v) is 10.8. The summed E-state index contributed by atoms with van der Waals surface area (Å²) in [6, 6.07) is 11.4. The molecule has 0 amide bonds. The number of hydrogen-bond acceptors (Lipinski definition) is 3. The van der Waals surface area contributed by atoms with E-state index in [1.165, 1.54) is 44.1 Å². The summed E-state index contributed by atoms with van der Waals surface area (Å²) >= 11 is 12.1. The highest BCUT2D eigenvalue weighted by molar-refractivity contribution is 6.35. The van der Waals surface area contributed by atoms with Crippen LogP contribution in [0.15, 0.2) is 36.4 Å². The third kappa shape index (κ3) is 7.90. The highest BCUT2D eigenvalue weighted by Crippen LogP contribution is 2.30. The quantitative estimate of drug-likeness (QED) is 0.350. The van der Waals surface area contributed by atoms with E-state index in [1.54, 1.807) is 13.2 Å². The van der Waals surface area contributed by atoms with Gasteiger partial charge in [0.15, 0.2) is 11.5 Å². The summed E-state index contributed by atoms with van der Waals surface area (Å²) < 4.78 is 11.4. The molecule has 0 aromatic heterocycles. The van der Waals surface area contributed by atoms with Crippen LogP contribution in [0.1, 0.15) is 56.6 Å². The predicted octanol–water partition coefficient (Wildman–Crippen LogP) is 7.03. The molecule has 2 rings (SSSR count). The van der Waals surface area contributed by atoms with E-state index >= 15 is 0 Å². The highest BCUT2D eigenvalue weighted by atomic mass is 35.5. The number of benzene rings is 2. The molecule has 0 radical (unpaired) electrons. The third-order valence-corrected chi connectivity index (χ3v) is 5.25. The maximum atomic E-state index is 6.21. The average molecular weight is 424 g/mol. The van der Waals surface area contributed by atoms with Crippen LogP contribution in [0, 0.1) is 0 Å². The summed E-state index contributed by atoms with van der Waals surface area (Å²) in [6.45, 7) is 4.48.